The second-order valence-corrected chi connectivity index (χ2v) is 7.34. The first-order chi connectivity index (χ1) is 11.8. The number of nitrogens with two attached hydrogens (primary N) is 1. The summed E-state index contributed by atoms with van der Waals surface area (Å²) >= 11 is 0. The maximum Gasteiger partial charge on any atom is 0.357 e. The van der Waals surface area contributed by atoms with Crippen molar-refractivity contribution in [1.29, 1.82) is 0 Å². The molecule has 9 heteroatoms. The minimum Gasteiger partial charge on any atom is -0.427 e. The molecule has 0 bridgehead atoms. The average Bonchev–Trinajstić information content (AvgIpc) is 2.59. The van der Waals surface area contributed by atoms with Gasteiger partial charge >= 0.3 is 5.82 Å². The molecule has 1 aromatic heterocycles. The van der Waals surface area contributed by atoms with Crippen LogP contribution in [0.2, 0.25) is 0 Å². The van der Waals surface area contributed by atoms with Crippen molar-refractivity contribution in [3.05, 3.63) is 58.5 Å². The molecule has 0 atom stereocenters. The lowest BCUT2D eigenvalue weighted by molar-refractivity contribution is -0.450. The third kappa shape index (κ3) is 2.54. The normalized spacial score (nSPS) is 11.6. The van der Waals surface area contributed by atoms with Gasteiger partial charge in [-0.05, 0) is 37.3 Å². The van der Waals surface area contributed by atoms with Crippen molar-refractivity contribution in [3.8, 4) is 0 Å². The molecule has 0 saturated carbocycles. The number of aromatic nitrogens is 2. The van der Waals surface area contributed by atoms with Crippen LogP contribution in [0.5, 0.6) is 0 Å². The summed E-state index contributed by atoms with van der Waals surface area (Å²) in [7, 11) is -4.27. The zero-order valence-corrected chi connectivity index (χ0v) is 13.9. The standard InChI is InChI=1S/C16H14N3O5S/c1-10-2-5-12(6-3-10)25(23,24)16-15(17)18(21)13-7-4-11(9-20)8-14(13)19(16)22/h2-9,22H,17H2,1H3/q+1. The summed E-state index contributed by atoms with van der Waals surface area (Å²) in [5.74, 6) is -0.672. The van der Waals surface area contributed by atoms with Crippen LogP contribution in [0.25, 0.3) is 11.0 Å². The highest BCUT2D eigenvalue weighted by Gasteiger charge is 2.32. The SMILES string of the molecule is Cc1ccc(S(=O)(=O)c2c(N)[n+](=O)c3ccc(C=O)cc3n2O)cc1. The molecule has 0 unspecified atom stereocenters. The number of carbonyl (C=O) groups is 1. The van der Waals surface area contributed by atoms with Crippen LogP contribution in [0.15, 0.2) is 52.4 Å². The lowest BCUT2D eigenvalue weighted by atomic mass is 10.2. The van der Waals surface area contributed by atoms with E-state index >= 15 is 0 Å². The topological polar surface area (TPSA) is 125 Å². The Kier molecular flexibility index (Phi) is 3.80. The van der Waals surface area contributed by atoms with E-state index in [-0.39, 0.29) is 25.9 Å². The maximum atomic E-state index is 12.9. The van der Waals surface area contributed by atoms with Crippen LogP contribution in [-0.4, -0.2) is 24.6 Å². The van der Waals surface area contributed by atoms with Crippen molar-refractivity contribution in [2.24, 2.45) is 0 Å². The number of nitrogens with zero attached hydrogens (tertiary/aromatic N) is 2. The van der Waals surface area contributed by atoms with E-state index in [1.165, 1.54) is 30.3 Å². The second kappa shape index (κ2) is 5.71. The van der Waals surface area contributed by atoms with Crippen LogP contribution in [0.1, 0.15) is 15.9 Å². The van der Waals surface area contributed by atoms with Gasteiger partial charge in [-0.15, -0.1) is 0 Å². The molecule has 0 aliphatic rings. The highest BCUT2D eigenvalue weighted by Crippen LogP contribution is 2.26. The maximum absolute atomic E-state index is 12.9. The minimum absolute atomic E-state index is 0.0755. The Morgan fingerprint density at radius 2 is 1.80 bits per heavy atom. The monoisotopic (exact) mass is 360 g/mol. The molecule has 1 heterocycles. The molecule has 25 heavy (non-hydrogen) atoms. The van der Waals surface area contributed by atoms with E-state index in [0.29, 0.717) is 11.0 Å². The van der Waals surface area contributed by atoms with Crippen molar-refractivity contribution >= 4 is 33.0 Å². The van der Waals surface area contributed by atoms with E-state index in [9.17, 15) is 23.3 Å². The molecule has 0 aliphatic heterocycles. The second-order valence-electron chi connectivity index (χ2n) is 5.48. The number of nitrogen functional groups attached to an aromatic ring is 1. The fraction of sp³-hybridized carbons (Fsp3) is 0.0625. The Morgan fingerprint density at radius 3 is 2.40 bits per heavy atom. The number of carbonyl (C=O) groups excluding carboxylic acids is 1. The molecular weight excluding hydrogens is 346 g/mol. The first kappa shape index (κ1) is 16.7. The van der Waals surface area contributed by atoms with Crippen LogP contribution in [0.4, 0.5) is 5.82 Å². The Hall–Kier alpha value is -3.20. The van der Waals surface area contributed by atoms with E-state index in [2.05, 4.69) is 0 Å². The van der Waals surface area contributed by atoms with Gasteiger partial charge in [0.25, 0.3) is 5.03 Å². The highest BCUT2D eigenvalue weighted by molar-refractivity contribution is 7.91. The van der Waals surface area contributed by atoms with E-state index in [1.54, 1.807) is 19.1 Å². The molecule has 0 amide bonds. The lowest BCUT2D eigenvalue weighted by Crippen LogP contribution is -2.29. The summed E-state index contributed by atoms with van der Waals surface area (Å²) in [5, 5.41) is 9.65. The number of benzene rings is 2. The molecule has 128 valence electrons. The lowest BCUT2D eigenvalue weighted by Gasteiger charge is -2.10. The van der Waals surface area contributed by atoms with Gasteiger partial charge in [0.2, 0.25) is 15.4 Å². The van der Waals surface area contributed by atoms with Gasteiger partial charge in [0.15, 0.2) is 0 Å². The van der Waals surface area contributed by atoms with E-state index < -0.39 is 20.7 Å². The zero-order chi connectivity index (χ0) is 18.4. The average molecular weight is 360 g/mol. The van der Waals surface area contributed by atoms with Crippen molar-refractivity contribution in [1.82, 2.24) is 4.73 Å². The van der Waals surface area contributed by atoms with Crippen LogP contribution in [0.3, 0.4) is 0 Å². The summed E-state index contributed by atoms with van der Waals surface area (Å²) in [4.78, 5) is 23.2. The Morgan fingerprint density at radius 1 is 1.16 bits per heavy atom. The molecule has 3 rings (SSSR count). The number of fused-ring (bicyclic) bond motifs is 1. The first-order valence-electron chi connectivity index (χ1n) is 7.14. The molecule has 0 saturated heterocycles. The van der Waals surface area contributed by atoms with Gasteiger partial charge in [-0.25, -0.2) is 8.42 Å². The number of anilines is 1. The van der Waals surface area contributed by atoms with E-state index in [4.69, 9.17) is 5.73 Å². The van der Waals surface area contributed by atoms with Crippen LogP contribution < -0.4 is 10.2 Å². The molecule has 0 aliphatic carbocycles. The molecule has 8 nitrogen and oxygen atoms in total. The number of sulfone groups is 1. The molecule has 2 aromatic carbocycles. The van der Waals surface area contributed by atoms with Gasteiger partial charge in [0, 0.05) is 9.99 Å². The fourth-order valence-electron chi connectivity index (χ4n) is 2.47. The predicted octanol–water partition coefficient (Wildman–Crippen LogP) is 1.33. The predicted molar refractivity (Wildman–Crippen MR) is 88.9 cm³/mol. The summed E-state index contributed by atoms with van der Waals surface area (Å²) < 4.78 is 26.2. The van der Waals surface area contributed by atoms with Gasteiger partial charge in [-0.3, -0.25) is 10.5 Å². The van der Waals surface area contributed by atoms with Crippen molar-refractivity contribution in [2.75, 3.05) is 5.73 Å². The molecule has 0 spiro atoms. The number of aldehydes is 1. The number of rotatable bonds is 3. The number of aryl methyl sites for hydroxylation is 1. The molecule has 0 radical (unpaired) electrons. The third-order valence-electron chi connectivity index (χ3n) is 3.80. The summed E-state index contributed by atoms with van der Waals surface area (Å²) in [6.45, 7) is 1.79. The molecule has 3 aromatic rings. The van der Waals surface area contributed by atoms with Crippen LogP contribution in [0, 0.1) is 11.8 Å². The van der Waals surface area contributed by atoms with E-state index in [1.807, 2.05) is 0 Å². The van der Waals surface area contributed by atoms with Gasteiger partial charge in [-0.2, -0.15) is 4.73 Å². The van der Waals surface area contributed by atoms with E-state index in [0.717, 1.165) is 5.56 Å². The first-order valence-corrected chi connectivity index (χ1v) is 8.62. The van der Waals surface area contributed by atoms with Gasteiger partial charge in [0.05, 0.1) is 4.90 Å². The van der Waals surface area contributed by atoms with Crippen molar-refractivity contribution in [3.63, 3.8) is 0 Å². The fourth-order valence-corrected chi connectivity index (χ4v) is 3.87. The summed E-state index contributed by atoms with van der Waals surface area (Å²) in [6.07, 6.45) is 0.513. The number of hydrogen-bond donors (Lipinski definition) is 2. The molecular formula is C16H14N3O5S+. The summed E-state index contributed by atoms with van der Waals surface area (Å²) in [6, 6.07) is 9.71. The van der Waals surface area contributed by atoms with Crippen LogP contribution in [-0.2, 0) is 9.84 Å². The highest BCUT2D eigenvalue weighted by atomic mass is 32.2. The van der Waals surface area contributed by atoms with Crippen LogP contribution >= 0.6 is 0 Å². The quantitative estimate of drug-likeness (QED) is 0.412. The van der Waals surface area contributed by atoms with Crippen molar-refractivity contribution in [2.45, 2.75) is 16.8 Å². The summed E-state index contributed by atoms with van der Waals surface area (Å²) in [5.41, 5.74) is 6.48. The number of hydrogen-bond acceptors (Lipinski definition) is 6. The van der Waals surface area contributed by atoms with Gasteiger partial charge in [-0.1, -0.05) is 22.6 Å². The Bertz CT molecular complexity index is 1170. The van der Waals surface area contributed by atoms with Gasteiger partial charge < -0.3 is 5.21 Å². The third-order valence-corrected chi connectivity index (χ3v) is 5.58. The largest absolute Gasteiger partial charge is 0.427 e. The van der Waals surface area contributed by atoms with Gasteiger partial charge in [0.1, 0.15) is 11.8 Å². The molecule has 3 N–H and O–H groups in total. The molecule has 0 fully saturated rings. The minimum atomic E-state index is -4.27. The Labute approximate surface area is 142 Å². The zero-order valence-electron chi connectivity index (χ0n) is 13.1. The Balaban J connectivity index is 2.41. The van der Waals surface area contributed by atoms with Crippen molar-refractivity contribution < 1.29 is 22.8 Å². The smallest absolute Gasteiger partial charge is 0.357 e.